The molecular weight excluding hydrogens is 352 g/mol. The predicted octanol–water partition coefficient (Wildman–Crippen LogP) is 3.01. The van der Waals surface area contributed by atoms with Crippen LogP contribution >= 0.6 is 0 Å². The van der Waals surface area contributed by atoms with Gasteiger partial charge < -0.3 is 16.0 Å². The van der Waals surface area contributed by atoms with Crippen LogP contribution in [0.4, 0.5) is 11.9 Å². The predicted molar refractivity (Wildman–Crippen MR) is 108 cm³/mol. The van der Waals surface area contributed by atoms with Crippen LogP contribution in [0.25, 0.3) is 33.9 Å². The van der Waals surface area contributed by atoms with E-state index in [0.717, 1.165) is 47.5 Å². The Hall–Kier alpha value is -3.55. The lowest BCUT2D eigenvalue weighted by atomic mass is 10.1. The van der Waals surface area contributed by atoms with E-state index in [0.29, 0.717) is 11.7 Å². The molecule has 1 aliphatic rings. The van der Waals surface area contributed by atoms with Crippen LogP contribution in [0.1, 0.15) is 31.4 Å². The number of nitrogen functional groups attached to an aromatic ring is 2. The van der Waals surface area contributed by atoms with Gasteiger partial charge in [-0.3, -0.25) is 0 Å². The fourth-order valence-corrected chi connectivity index (χ4v) is 3.49. The Morgan fingerprint density at radius 3 is 2.64 bits per heavy atom. The van der Waals surface area contributed by atoms with Gasteiger partial charge in [0.1, 0.15) is 16.9 Å². The van der Waals surface area contributed by atoms with Gasteiger partial charge >= 0.3 is 0 Å². The second-order valence-electron chi connectivity index (χ2n) is 6.99. The number of imidazole rings is 1. The highest BCUT2D eigenvalue weighted by Crippen LogP contribution is 2.42. The molecule has 140 valence electrons. The summed E-state index contributed by atoms with van der Waals surface area (Å²) >= 11 is 0. The maximum absolute atomic E-state index is 6.09. The number of rotatable bonds is 4. The van der Waals surface area contributed by atoms with Gasteiger partial charge in [-0.1, -0.05) is 25.1 Å². The molecule has 0 atom stereocenters. The summed E-state index contributed by atoms with van der Waals surface area (Å²) in [6.45, 7) is 2.13. The van der Waals surface area contributed by atoms with Crippen molar-refractivity contribution in [1.82, 2.24) is 29.5 Å². The lowest BCUT2D eigenvalue weighted by Crippen LogP contribution is -2.04. The van der Waals surface area contributed by atoms with Gasteiger partial charge in [0.2, 0.25) is 11.9 Å². The van der Waals surface area contributed by atoms with Crippen molar-refractivity contribution in [3.05, 3.63) is 42.1 Å². The van der Waals surface area contributed by atoms with Crippen LogP contribution in [0.2, 0.25) is 0 Å². The van der Waals surface area contributed by atoms with E-state index in [9.17, 15) is 0 Å². The molecule has 3 aromatic heterocycles. The summed E-state index contributed by atoms with van der Waals surface area (Å²) < 4.78 is 2.11. The molecule has 0 bridgehead atoms. The largest absolute Gasteiger partial charge is 0.368 e. The topological polar surface area (TPSA) is 121 Å². The Morgan fingerprint density at radius 1 is 1.04 bits per heavy atom. The summed E-state index contributed by atoms with van der Waals surface area (Å²) in [5.74, 6) is 1.17. The standard InChI is InChI=1S/C20H20N8/c1-2-11-4-3-5-12(10-11)15-16-18(27-20(22)26-15)28(13-6-7-13)17(25-16)14-8-9-23-19(21)24-14/h3-5,8-10,13H,2,6-7H2,1H3,(H2,21,23,24)(H2,22,26,27). The maximum Gasteiger partial charge on any atom is 0.222 e. The van der Waals surface area contributed by atoms with Crippen molar-refractivity contribution >= 4 is 23.1 Å². The van der Waals surface area contributed by atoms with Gasteiger partial charge in [0, 0.05) is 17.8 Å². The molecular formula is C20H20N8. The molecule has 0 unspecified atom stereocenters. The molecule has 8 nitrogen and oxygen atoms in total. The van der Waals surface area contributed by atoms with Crippen molar-refractivity contribution in [2.24, 2.45) is 0 Å². The monoisotopic (exact) mass is 372 g/mol. The number of benzene rings is 1. The number of aromatic nitrogens is 6. The van der Waals surface area contributed by atoms with Gasteiger partial charge in [-0.2, -0.15) is 4.98 Å². The smallest absolute Gasteiger partial charge is 0.222 e. The van der Waals surface area contributed by atoms with Crippen LogP contribution < -0.4 is 11.5 Å². The highest BCUT2D eigenvalue weighted by molar-refractivity contribution is 5.91. The molecule has 5 rings (SSSR count). The average Bonchev–Trinajstić information content (AvgIpc) is 3.47. The molecule has 0 saturated heterocycles. The molecule has 3 heterocycles. The van der Waals surface area contributed by atoms with E-state index < -0.39 is 0 Å². The van der Waals surface area contributed by atoms with Gasteiger partial charge in [0.15, 0.2) is 11.5 Å². The number of nitrogens with zero attached hydrogens (tertiary/aromatic N) is 6. The molecule has 0 amide bonds. The number of fused-ring (bicyclic) bond motifs is 1. The molecule has 1 aromatic carbocycles. The van der Waals surface area contributed by atoms with Crippen LogP contribution in [-0.2, 0) is 6.42 Å². The van der Waals surface area contributed by atoms with Gasteiger partial charge in [-0.05, 0) is 37.0 Å². The Bertz CT molecular complexity index is 1190. The third kappa shape index (κ3) is 2.74. The molecule has 4 aromatic rings. The van der Waals surface area contributed by atoms with E-state index in [1.165, 1.54) is 5.56 Å². The minimum Gasteiger partial charge on any atom is -0.368 e. The lowest BCUT2D eigenvalue weighted by molar-refractivity contribution is 0.763. The van der Waals surface area contributed by atoms with Crippen LogP contribution in [0.5, 0.6) is 0 Å². The minimum atomic E-state index is 0.216. The molecule has 1 fully saturated rings. The summed E-state index contributed by atoms with van der Waals surface area (Å²) in [6, 6.07) is 10.4. The van der Waals surface area contributed by atoms with E-state index >= 15 is 0 Å². The first kappa shape index (κ1) is 16.6. The van der Waals surface area contributed by atoms with E-state index in [1.807, 2.05) is 18.2 Å². The third-order valence-corrected chi connectivity index (χ3v) is 4.98. The average molecular weight is 372 g/mol. The highest BCUT2D eigenvalue weighted by Gasteiger charge is 2.31. The summed E-state index contributed by atoms with van der Waals surface area (Å²) in [4.78, 5) is 22.3. The SMILES string of the molecule is CCc1cccc(-c2nc(N)nc3c2nc(-c2ccnc(N)n2)n3C2CC2)c1. The Labute approximate surface area is 161 Å². The molecule has 0 aliphatic heterocycles. The zero-order valence-electron chi connectivity index (χ0n) is 15.5. The van der Waals surface area contributed by atoms with Crippen molar-refractivity contribution in [2.75, 3.05) is 11.5 Å². The molecule has 8 heteroatoms. The normalized spacial score (nSPS) is 13.9. The second kappa shape index (κ2) is 6.26. The number of anilines is 2. The highest BCUT2D eigenvalue weighted by atomic mass is 15.2. The molecule has 0 spiro atoms. The van der Waals surface area contributed by atoms with Gasteiger partial charge in [0.05, 0.1) is 0 Å². The Morgan fingerprint density at radius 2 is 1.89 bits per heavy atom. The van der Waals surface area contributed by atoms with Crippen LogP contribution in [0.15, 0.2) is 36.5 Å². The van der Waals surface area contributed by atoms with E-state index in [1.54, 1.807) is 6.20 Å². The zero-order valence-corrected chi connectivity index (χ0v) is 15.5. The van der Waals surface area contributed by atoms with Crippen LogP contribution in [-0.4, -0.2) is 29.5 Å². The minimum absolute atomic E-state index is 0.216. The van der Waals surface area contributed by atoms with E-state index in [-0.39, 0.29) is 11.9 Å². The van der Waals surface area contributed by atoms with Gasteiger partial charge in [-0.15, -0.1) is 0 Å². The maximum atomic E-state index is 6.09. The van der Waals surface area contributed by atoms with Crippen molar-refractivity contribution in [3.63, 3.8) is 0 Å². The molecule has 4 N–H and O–H groups in total. The molecule has 1 saturated carbocycles. The van der Waals surface area contributed by atoms with Crippen LogP contribution in [0, 0.1) is 0 Å². The summed E-state index contributed by atoms with van der Waals surface area (Å²) in [7, 11) is 0. The Balaban J connectivity index is 1.80. The quantitative estimate of drug-likeness (QED) is 0.564. The number of nitrogens with two attached hydrogens (primary N) is 2. The van der Waals surface area contributed by atoms with Crippen molar-refractivity contribution in [3.8, 4) is 22.8 Å². The van der Waals surface area contributed by atoms with Crippen molar-refractivity contribution < 1.29 is 0 Å². The number of hydrogen-bond donors (Lipinski definition) is 2. The van der Waals surface area contributed by atoms with E-state index in [2.05, 4.69) is 43.6 Å². The zero-order chi connectivity index (χ0) is 19.3. The summed E-state index contributed by atoms with van der Waals surface area (Å²) in [5, 5.41) is 0. The van der Waals surface area contributed by atoms with Gasteiger partial charge in [0.25, 0.3) is 0 Å². The molecule has 1 aliphatic carbocycles. The van der Waals surface area contributed by atoms with Gasteiger partial charge in [-0.25, -0.2) is 19.9 Å². The third-order valence-electron chi connectivity index (χ3n) is 4.98. The fraction of sp³-hybridized carbons (Fsp3) is 0.250. The summed E-state index contributed by atoms with van der Waals surface area (Å²) in [6.07, 6.45) is 4.73. The summed E-state index contributed by atoms with van der Waals surface area (Å²) in [5.41, 5.74) is 17.0. The first-order valence-corrected chi connectivity index (χ1v) is 9.37. The molecule has 0 radical (unpaired) electrons. The first-order valence-electron chi connectivity index (χ1n) is 9.37. The second-order valence-corrected chi connectivity index (χ2v) is 6.99. The van der Waals surface area contributed by atoms with Crippen molar-refractivity contribution in [1.29, 1.82) is 0 Å². The fourth-order valence-electron chi connectivity index (χ4n) is 3.49. The Kier molecular flexibility index (Phi) is 3.71. The number of aryl methyl sites for hydroxylation is 1. The lowest BCUT2D eigenvalue weighted by Gasteiger charge is -2.08. The first-order chi connectivity index (χ1) is 13.6. The van der Waals surface area contributed by atoms with Crippen molar-refractivity contribution in [2.45, 2.75) is 32.2 Å². The molecule has 28 heavy (non-hydrogen) atoms. The van der Waals surface area contributed by atoms with Crippen LogP contribution in [0.3, 0.4) is 0 Å². The van der Waals surface area contributed by atoms with E-state index in [4.69, 9.17) is 16.5 Å². The number of hydrogen-bond acceptors (Lipinski definition) is 7.